The number of rotatable bonds is 4. The zero-order valence-corrected chi connectivity index (χ0v) is 14.6. The Labute approximate surface area is 150 Å². The minimum Gasteiger partial charge on any atom is -0.317 e. The highest BCUT2D eigenvalue weighted by atomic mass is 32.2. The van der Waals surface area contributed by atoms with Gasteiger partial charge in [-0.3, -0.25) is 10.1 Å². The molecular formula is C15H15F3N4OS2. The van der Waals surface area contributed by atoms with Gasteiger partial charge >= 0.3 is 5.51 Å². The molecule has 1 saturated heterocycles. The molecule has 3 heterocycles. The van der Waals surface area contributed by atoms with E-state index in [0.717, 1.165) is 30.8 Å². The highest BCUT2D eigenvalue weighted by Crippen LogP contribution is 2.37. The number of pyridine rings is 1. The lowest BCUT2D eigenvalue weighted by Gasteiger charge is -2.20. The number of thiazole rings is 1. The maximum atomic E-state index is 12.6. The van der Waals surface area contributed by atoms with Crippen LogP contribution in [0.2, 0.25) is 0 Å². The van der Waals surface area contributed by atoms with E-state index in [4.69, 9.17) is 0 Å². The second kappa shape index (κ2) is 7.71. The van der Waals surface area contributed by atoms with Crippen molar-refractivity contribution < 1.29 is 18.0 Å². The summed E-state index contributed by atoms with van der Waals surface area (Å²) in [5.74, 6) is -0.245. The Morgan fingerprint density at radius 1 is 1.32 bits per heavy atom. The van der Waals surface area contributed by atoms with E-state index in [1.165, 1.54) is 29.7 Å². The molecule has 2 N–H and O–H groups in total. The lowest BCUT2D eigenvalue weighted by atomic mass is 9.97. The fraction of sp³-hybridized carbons (Fsp3) is 0.400. The molecule has 25 heavy (non-hydrogen) atoms. The number of piperidine rings is 1. The molecule has 1 amide bonds. The van der Waals surface area contributed by atoms with Gasteiger partial charge in [-0.2, -0.15) is 13.2 Å². The van der Waals surface area contributed by atoms with Crippen LogP contribution in [0.3, 0.4) is 0 Å². The second-order valence-electron chi connectivity index (χ2n) is 5.45. The fourth-order valence-corrected chi connectivity index (χ4v) is 4.14. The van der Waals surface area contributed by atoms with Crippen molar-refractivity contribution in [3.05, 3.63) is 35.0 Å². The second-order valence-corrected chi connectivity index (χ2v) is 7.57. The van der Waals surface area contributed by atoms with Crippen molar-refractivity contribution in [2.45, 2.75) is 29.3 Å². The van der Waals surface area contributed by atoms with Crippen LogP contribution in [0.4, 0.5) is 18.3 Å². The molecule has 0 radical (unpaired) electrons. The van der Waals surface area contributed by atoms with E-state index in [1.54, 1.807) is 6.20 Å². The van der Waals surface area contributed by atoms with Crippen molar-refractivity contribution in [1.29, 1.82) is 0 Å². The number of thioether (sulfide) groups is 1. The average molecular weight is 388 g/mol. The first-order valence-corrected chi connectivity index (χ1v) is 9.24. The van der Waals surface area contributed by atoms with Crippen molar-refractivity contribution >= 4 is 34.1 Å². The number of carbonyl (C=O) groups is 1. The fourth-order valence-electron chi connectivity index (χ4n) is 2.56. The van der Waals surface area contributed by atoms with Crippen LogP contribution in [0.15, 0.2) is 29.6 Å². The molecule has 10 heteroatoms. The average Bonchev–Trinajstić information content (AvgIpc) is 3.03. The Morgan fingerprint density at radius 3 is 2.80 bits per heavy atom. The molecule has 0 atom stereocenters. The van der Waals surface area contributed by atoms with Gasteiger partial charge < -0.3 is 5.32 Å². The van der Waals surface area contributed by atoms with E-state index < -0.39 is 23.2 Å². The minimum absolute atomic E-state index is 0.122. The highest BCUT2D eigenvalue weighted by Gasteiger charge is 2.32. The van der Waals surface area contributed by atoms with E-state index in [1.807, 2.05) is 0 Å². The van der Waals surface area contributed by atoms with Crippen LogP contribution in [-0.4, -0.2) is 34.5 Å². The molecule has 2 aromatic heterocycles. The SMILES string of the molecule is O=C(Nc1ncc(C2CCNCC2)s1)c1cccnc1SC(F)(F)F. The number of nitrogens with one attached hydrogen (secondary N) is 2. The summed E-state index contributed by atoms with van der Waals surface area (Å²) in [6.45, 7) is 1.88. The van der Waals surface area contributed by atoms with Gasteiger partial charge in [0.05, 0.1) is 5.56 Å². The number of amides is 1. The Hall–Kier alpha value is -1.65. The molecule has 1 fully saturated rings. The van der Waals surface area contributed by atoms with Crippen molar-refractivity contribution in [1.82, 2.24) is 15.3 Å². The van der Waals surface area contributed by atoms with Gasteiger partial charge in [0, 0.05) is 29.0 Å². The summed E-state index contributed by atoms with van der Waals surface area (Å²) in [7, 11) is 0. The van der Waals surface area contributed by atoms with Gasteiger partial charge in [-0.05, 0) is 44.0 Å². The first kappa shape index (κ1) is 18.2. The molecule has 2 aromatic rings. The van der Waals surface area contributed by atoms with E-state index in [0.29, 0.717) is 11.0 Å². The number of nitrogens with zero attached hydrogens (tertiary/aromatic N) is 2. The van der Waals surface area contributed by atoms with Crippen LogP contribution in [0.25, 0.3) is 0 Å². The zero-order valence-electron chi connectivity index (χ0n) is 13.0. The van der Waals surface area contributed by atoms with Gasteiger partial charge in [-0.1, -0.05) is 0 Å². The van der Waals surface area contributed by atoms with Crippen LogP contribution in [-0.2, 0) is 0 Å². The molecule has 3 rings (SSSR count). The quantitative estimate of drug-likeness (QED) is 0.779. The monoisotopic (exact) mass is 388 g/mol. The maximum absolute atomic E-state index is 12.6. The summed E-state index contributed by atoms with van der Waals surface area (Å²) < 4.78 is 37.8. The molecule has 1 aliphatic heterocycles. The minimum atomic E-state index is -4.51. The normalized spacial score (nSPS) is 16.0. The number of anilines is 1. The van der Waals surface area contributed by atoms with Crippen molar-refractivity contribution in [3.8, 4) is 0 Å². The maximum Gasteiger partial charge on any atom is 0.447 e. The lowest BCUT2D eigenvalue weighted by molar-refractivity contribution is -0.0329. The van der Waals surface area contributed by atoms with Gasteiger partial charge in [-0.25, -0.2) is 9.97 Å². The Kier molecular flexibility index (Phi) is 5.60. The van der Waals surface area contributed by atoms with Crippen LogP contribution in [0.5, 0.6) is 0 Å². The van der Waals surface area contributed by atoms with Crippen molar-refractivity contribution in [3.63, 3.8) is 0 Å². The van der Waals surface area contributed by atoms with Gasteiger partial charge in [0.15, 0.2) is 5.13 Å². The Bertz CT molecular complexity index is 744. The summed E-state index contributed by atoms with van der Waals surface area (Å²) >= 11 is 0.959. The van der Waals surface area contributed by atoms with Gasteiger partial charge in [0.25, 0.3) is 5.91 Å². The third kappa shape index (κ3) is 4.93. The first-order chi connectivity index (χ1) is 11.9. The van der Waals surface area contributed by atoms with E-state index in [9.17, 15) is 18.0 Å². The highest BCUT2D eigenvalue weighted by molar-refractivity contribution is 8.00. The third-order valence-electron chi connectivity index (χ3n) is 3.71. The molecule has 0 saturated carbocycles. The molecule has 0 spiro atoms. The molecule has 134 valence electrons. The third-order valence-corrected chi connectivity index (χ3v) is 5.54. The van der Waals surface area contributed by atoms with E-state index in [2.05, 4.69) is 20.6 Å². The number of aromatic nitrogens is 2. The number of carbonyl (C=O) groups excluding carboxylic acids is 1. The molecule has 0 aromatic carbocycles. The Morgan fingerprint density at radius 2 is 2.08 bits per heavy atom. The predicted molar refractivity (Wildman–Crippen MR) is 91.1 cm³/mol. The number of hydrogen-bond donors (Lipinski definition) is 2. The predicted octanol–water partition coefficient (Wildman–Crippen LogP) is 3.87. The van der Waals surface area contributed by atoms with Gasteiger partial charge in [0.1, 0.15) is 5.03 Å². The summed E-state index contributed by atoms with van der Waals surface area (Å²) in [4.78, 5) is 21.2. The number of alkyl halides is 3. The summed E-state index contributed by atoms with van der Waals surface area (Å²) in [5.41, 5.74) is -4.63. The van der Waals surface area contributed by atoms with Crippen LogP contribution in [0, 0.1) is 0 Å². The standard InChI is InChI=1S/C15H15F3N4OS2/c16-15(17,18)25-13-10(2-1-5-20-13)12(23)22-14-21-8-11(24-14)9-3-6-19-7-4-9/h1-2,5,8-9,19H,3-4,6-7H2,(H,21,22,23). The van der Waals surface area contributed by atoms with E-state index >= 15 is 0 Å². The van der Waals surface area contributed by atoms with Crippen molar-refractivity contribution in [2.75, 3.05) is 18.4 Å². The van der Waals surface area contributed by atoms with Gasteiger partial charge in [-0.15, -0.1) is 11.3 Å². The number of halogens is 3. The van der Waals surface area contributed by atoms with Crippen LogP contribution in [0.1, 0.15) is 34.0 Å². The molecule has 0 unspecified atom stereocenters. The van der Waals surface area contributed by atoms with Crippen LogP contribution >= 0.6 is 23.1 Å². The van der Waals surface area contributed by atoms with Crippen LogP contribution < -0.4 is 10.6 Å². The lowest BCUT2D eigenvalue weighted by Crippen LogP contribution is -2.26. The molecule has 5 nitrogen and oxygen atoms in total. The Balaban J connectivity index is 1.71. The number of hydrogen-bond acceptors (Lipinski definition) is 6. The van der Waals surface area contributed by atoms with Gasteiger partial charge in [0.2, 0.25) is 0 Å². The molecule has 0 bridgehead atoms. The molecular weight excluding hydrogens is 373 g/mol. The first-order valence-electron chi connectivity index (χ1n) is 7.61. The topological polar surface area (TPSA) is 66.9 Å². The molecule has 1 aliphatic rings. The summed E-state index contributed by atoms with van der Waals surface area (Å²) in [6, 6.07) is 2.75. The smallest absolute Gasteiger partial charge is 0.317 e. The van der Waals surface area contributed by atoms with E-state index in [-0.39, 0.29) is 10.6 Å². The largest absolute Gasteiger partial charge is 0.447 e. The molecule has 0 aliphatic carbocycles. The van der Waals surface area contributed by atoms with Crippen molar-refractivity contribution in [2.24, 2.45) is 0 Å². The zero-order chi connectivity index (χ0) is 17.9. The summed E-state index contributed by atoms with van der Waals surface area (Å²) in [5, 5.41) is 5.87. The summed E-state index contributed by atoms with van der Waals surface area (Å²) in [6.07, 6.45) is 4.96.